The van der Waals surface area contributed by atoms with E-state index in [4.69, 9.17) is 4.74 Å². The average molecular weight is 267 g/mol. The van der Waals surface area contributed by atoms with E-state index in [0.717, 1.165) is 11.4 Å². The SMILES string of the molecule is C=C(C)C(=O)Oc1ccc(Nc2ccc(C)cc2)cc1. The third kappa shape index (κ3) is 3.72. The highest BCUT2D eigenvalue weighted by Crippen LogP contribution is 2.20. The number of anilines is 2. The molecule has 20 heavy (non-hydrogen) atoms. The van der Waals surface area contributed by atoms with E-state index in [9.17, 15) is 4.79 Å². The summed E-state index contributed by atoms with van der Waals surface area (Å²) in [6, 6.07) is 15.3. The largest absolute Gasteiger partial charge is 0.423 e. The Morgan fingerprint density at radius 3 is 2.00 bits per heavy atom. The highest BCUT2D eigenvalue weighted by Gasteiger charge is 2.04. The van der Waals surface area contributed by atoms with E-state index in [1.54, 1.807) is 19.1 Å². The molecule has 102 valence electrons. The van der Waals surface area contributed by atoms with E-state index in [1.165, 1.54) is 5.56 Å². The molecule has 0 aliphatic rings. The third-order valence-corrected chi connectivity index (χ3v) is 2.75. The van der Waals surface area contributed by atoms with Gasteiger partial charge in [0.1, 0.15) is 5.75 Å². The number of aryl methyl sites for hydroxylation is 1. The molecule has 0 heterocycles. The zero-order chi connectivity index (χ0) is 14.5. The first-order valence-electron chi connectivity index (χ1n) is 6.36. The van der Waals surface area contributed by atoms with Gasteiger partial charge in [0.15, 0.2) is 0 Å². The molecule has 0 aliphatic carbocycles. The number of carbonyl (C=O) groups is 1. The van der Waals surface area contributed by atoms with Crippen molar-refractivity contribution >= 4 is 17.3 Å². The first kappa shape index (κ1) is 13.9. The summed E-state index contributed by atoms with van der Waals surface area (Å²) in [7, 11) is 0. The number of benzene rings is 2. The summed E-state index contributed by atoms with van der Waals surface area (Å²) >= 11 is 0. The van der Waals surface area contributed by atoms with Crippen molar-refractivity contribution in [2.45, 2.75) is 13.8 Å². The lowest BCUT2D eigenvalue weighted by Gasteiger charge is -2.08. The topological polar surface area (TPSA) is 38.3 Å². The standard InChI is InChI=1S/C17H17NO2/c1-12(2)17(19)20-16-10-8-15(9-11-16)18-14-6-4-13(3)5-7-14/h4-11,18H,1H2,2-3H3. The van der Waals surface area contributed by atoms with Crippen LogP contribution in [0.2, 0.25) is 0 Å². The van der Waals surface area contributed by atoms with Crippen LogP contribution in [0, 0.1) is 6.92 Å². The number of hydrogen-bond acceptors (Lipinski definition) is 3. The second-order valence-electron chi connectivity index (χ2n) is 4.69. The van der Waals surface area contributed by atoms with E-state index in [2.05, 4.69) is 18.8 Å². The third-order valence-electron chi connectivity index (χ3n) is 2.75. The minimum Gasteiger partial charge on any atom is -0.423 e. The predicted octanol–water partition coefficient (Wildman–Crippen LogP) is 4.22. The summed E-state index contributed by atoms with van der Waals surface area (Å²) in [4.78, 5) is 11.4. The zero-order valence-electron chi connectivity index (χ0n) is 11.6. The first-order chi connectivity index (χ1) is 9.54. The molecule has 0 bridgehead atoms. The molecule has 1 N–H and O–H groups in total. The van der Waals surface area contributed by atoms with Gasteiger partial charge in [0.25, 0.3) is 0 Å². The van der Waals surface area contributed by atoms with Crippen molar-refractivity contribution in [1.82, 2.24) is 0 Å². The minimum atomic E-state index is -0.413. The van der Waals surface area contributed by atoms with Gasteiger partial charge >= 0.3 is 5.97 Å². The van der Waals surface area contributed by atoms with Crippen LogP contribution in [0.3, 0.4) is 0 Å². The lowest BCUT2D eigenvalue weighted by atomic mass is 10.2. The maximum Gasteiger partial charge on any atom is 0.338 e. The van der Waals surface area contributed by atoms with E-state index in [0.29, 0.717) is 11.3 Å². The minimum absolute atomic E-state index is 0.381. The van der Waals surface area contributed by atoms with Crippen molar-refractivity contribution in [1.29, 1.82) is 0 Å². The van der Waals surface area contributed by atoms with E-state index in [1.807, 2.05) is 36.4 Å². The van der Waals surface area contributed by atoms with Gasteiger partial charge in [-0.25, -0.2) is 4.79 Å². The Bertz CT molecular complexity index is 612. The van der Waals surface area contributed by atoms with Crippen LogP contribution >= 0.6 is 0 Å². The summed E-state index contributed by atoms with van der Waals surface area (Å²) in [5.74, 6) is 0.0942. The molecule has 3 heteroatoms. The van der Waals surface area contributed by atoms with Crippen LogP contribution in [0.1, 0.15) is 12.5 Å². The molecule has 2 rings (SSSR count). The van der Waals surface area contributed by atoms with Gasteiger partial charge < -0.3 is 10.1 Å². The molecule has 0 unspecified atom stereocenters. The van der Waals surface area contributed by atoms with Crippen LogP contribution in [-0.4, -0.2) is 5.97 Å². The summed E-state index contributed by atoms with van der Waals surface area (Å²) in [6.45, 7) is 7.22. The molecule has 0 aliphatic heterocycles. The zero-order valence-corrected chi connectivity index (χ0v) is 11.6. The summed E-state index contributed by atoms with van der Waals surface area (Å²) in [5.41, 5.74) is 3.55. The van der Waals surface area contributed by atoms with Gasteiger partial charge in [-0.1, -0.05) is 24.3 Å². The number of nitrogens with one attached hydrogen (secondary N) is 1. The fourth-order valence-corrected chi connectivity index (χ4v) is 1.60. The van der Waals surface area contributed by atoms with Crippen molar-refractivity contribution in [3.8, 4) is 5.75 Å². The average Bonchev–Trinajstić information content (AvgIpc) is 2.43. The maximum absolute atomic E-state index is 11.4. The molecule has 0 spiro atoms. The summed E-state index contributed by atoms with van der Waals surface area (Å²) in [5, 5.41) is 3.28. The van der Waals surface area contributed by atoms with Gasteiger partial charge in [0.05, 0.1) is 0 Å². The molecular weight excluding hydrogens is 250 g/mol. The van der Waals surface area contributed by atoms with Gasteiger partial charge in [-0.15, -0.1) is 0 Å². The second kappa shape index (κ2) is 6.06. The molecule has 0 atom stereocenters. The van der Waals surface area contributed by atoms with Gasteiger partial charge in [-0.2, -0.15) is 0 Å². The van der Waals surface area contributed by atoms with Crippen molar-refractivity contribution in [2.75, 3.05) is 5.32 Å². The lowest BCUT2D eigenvalue weighted by Crippen LogP contribution is -2.07. The molecule has 0 aromatic heterocycles. The molecule has 0 radical (unpaired) electrons. The van der Waals surface area contributed by atoms with Crippen LogP contribution in [0.4, 0.5) is 11.4 Å². The van der Waals surface area contributed by atoms with Gasteiger partial charge in [-0.05, 0) is 50.2 Å². The number of rotatable bonds is 4. The van der Waals surface area contributed by atoms with Gasteiger partial charge in [-0.3, -0.25) is 0 Å². The van der Waals surface area contributed by atoms with Crippen LogP contribution in [-0.2, 0) is 4.79 Å². The smallest absolute Gasteiger partial charge is 0.338 e. The maximum atomic E-state index is 11.4. The molecule has 0 saturated carbocycles. The molecule has 2 aromatic carbocycles. The van der Waals surface area contributed by atoms with Crippen LogP contribution in [0.15, 0.2) is 60.7 Å². The number of hydrogen-bond donors (Lipinski definition) is 1. The van der Waals surface area contributed by atoms with Gasteiger partial charge in [0, 0.05) is 16.9 Å². The van der Waals surface area contributed by atoms with Crippen molar-refractivity contribution in [3.05, 3.63) is 66.2 Å². The van der Waals surface area contributed by atoms with Crippen LogP contribution in [0.25, 0.3) is 0 Å². The highest BCUT2D eigenvalue weighted by atomic mass is 16.5. The lowest BCUT2D eigenvalue weighted by molar-refractivity contribution is -0.130. The molecule has 0 saturated heterocycles. The fraction of sp³-hybridized carbons (Fsp3) is 0.118. The second-order valence-corrected chi connectivity index (χ2v) is 4.69. The molecule has 3 nitrogen and oxygen atoms in total. The van der Waals surface area contributed by atoms with Crippen molar-refractivity contribution in [2.24, 2.45) is 0 Å². The number of esters is 1. The molecule has 0 amide bonds. The Labute approximate surface area is 118 Å². The van der Waals surface area contributed by atoms with E-state index >= 15 is 0 Å². The summed E-state index contributed by atoms with van der Waals surface area (Å²) in [6.07, 6.45) is 0. The molecule has 2 aromatic rings. The quantitative estimate of drug-likeness (QED) is 0.512. The predicted molar refractivity (Wildman–Crippen MR) is 81.4 cm³/mol. The molecule has 0 fully saturated rings. The molecular formula is C17H17NO2. The summed E-state index contributed by atoms with van der Waals surface area (Å²) < 4.78 is 5.13. The van der Waals surface area contributed by atoms with Gasteiger partial charge in [0.2, 0.25) is 0 Å². The monoisotopic (exact) mass is 267 g/mol. The van der Waals surface area contributed by atoms with Crippen molar-refractivity contribution < 1.29 is 9.53 Å². The van der Waals surface area contributed by atoms with Crippen LogP contribution < -0.4 is 10.1 Å². The Balaban J connectivity index is 2.03. The Morgan fingerprint density at radius 2 is 1.50 bits per heavy atom. The Morgan fingerprint density at radius 1 is 1.00 bits per heavy atom. The van der Waals surface area contributed by atoms with E-state index < -0.39 is 5.97 Å². The Kier molecular flexibility index (Phi) is 4.20. The Hall–Kier alpha value is -2.55. The van der Waals surface area contributed by atoms with Crippen molar-refractivity contribution in [3.63, 3.8) is 0 Å². The van der Waals surface area contributed by atoms with E-state index in [-0.39, 0.29) is 0 Å². The number of carbonyl (C=O) groups excluding carboxylic acids is 1. The normalized spacial score (nSPS) is 9.90. The van der Waals surface area contributed by atoms with Crippen LogP contribution in [0.5, 0.6) is 5.75 Å². The first-order valence-corrected chi connectivity index (χ1v) is 6.36. The fourth-order valence-electron chi connectivity index (χ4n) is 1.60. The number of ether oxygens (including phenoxy) is 1. The highest BCUT2D eigenvalue weighted by molar-refractivity contribution is 5.88.